The summed E-state index contributed by atoms with van der Waals surface area (Å²) in [6.07, 6.45) is 3.51. The fraction of sp³-hybridized carbons (Fsp3) is 0.455. The summed E-state index contributed by atoms with van der Waals surface area (Å²) >= 11 is 0. The molecule has 3 atom stereocenters. The molecule has 29 heavy (non-hydrogen) atoms. The van der Waals surface area contributed by atoms with Gasteiger partial charge in [-0.1, -0.05) is 24.6 Å². The maximum absolute atomic E-state index is 14.4. The number of rotatable bonds is 6. The van der Waals surface area contributed by atoms with E-state index in [1.165, 1.54) is 31.0 Å². The number of morpholine rings is 1. The summed E-state index contributed by atoms with van der Waals surface area (Å²) < 4.78 is 39.1. The summed E-state index contributed by atoms with van der Waals surface area (Å²) in [4.78, 5) is 0. The van der Waals surface area contributed by atoms with Gasteiger partial charge >= 0.3 is 0 Å². The minimum Gasteiger partial charge on any atom is -0.451 e. The molecule has 2 aromatic carbocycles. The number of para-hydroxylation sites is 1. The number of hydrogen-bond acceptors (Lipinski definition) is 4. The largest absolute Gasteiger partial charge is 0.451 e. The SMILES string of the molecule is Cl.Fc1ccccc1Oc1ccc(CNC2CCCC2C2COCCN2)cc1F. The van der Waals surface area contributed by atoms with Crippen molar-refractivity contribution in [3.8, 4) is 11.5 Å². The molecular formula is C22H27ClF2N2O2. The Labute approximate surface area is 176 Å². The van der Waals surface area contributed by atoms with Crippen LogP contribution in [0.4, 0.5) is 8.78 Å². The minimum absolute atomic E-state index is 0. The molecule has 2 aliphatic rings. The molecular weight excluding hydrogens is 398 g/mol. The van der Waals surface area contributed by atoms with Gasteiger partial charge in [0.25, 0.3) is 0 Å². The van der Waals surface area contributed by atoms with Crippen molar-refractivity contribution < 1.29 is 18.3 Å². The molecule has 1 aliphatic heterocycles. The third-order valence-electron chi connectivity index (χ3n) is 5.66. The first-order valence-electron chi connectivity index (χ1n) is 9.96. The van der Waals surface area contributed by atoms with Gasteiger partial charge in [-0.3, -0.25) is 0 Å². The Balaban J connectivity index is 0.00000240. The Kier molecular flexibility index (Phi) is 7.84. The van der Waals surface area contributed by atoms with E-state index in [0.717, 1.165) is 31.7 Å². The van der Waals surface area contributed by atoms with Crippen LogP contribution >= 0.6 is 12.4 Å². The van der Waals surface area contributed by atoms with E-state index in [-0.39, 0.29) is 23.9 Å². The molecule has 2 fully saturated rings. The van der Waals surface area contributed by atoms with E-state index in [9.17, 15) is 8.78 Å². The van der Waals surface area contributed by atoms with E-state index in [1.807, 2.05) is 6.07 Å². The zero-order valence-corrected chi connectivity index (χ0v) is 17.0. The van der Waals surface area contributed by atoms with Gasteiger partial charge in [0.05, 0.1) is 13.2 Å². The number of halogens is 3. The lowest BCUT2D eigenvalue weighted by Gasteiger charge is -2.33. The molecule has 2 N–H and O–H groups in total. The molecule has 158 valence electrons. The van der Waals surface area contributed by atoms with Gasteiger partial charge in [0.1, 0.15) is 0 Å². The van der Waals surface area contributed by atoms with Crippen LogP contribution in [-0.2, 0) is 11.3 Å². The summed E-state index contributed by atoms with van der Waals surface area (Å²) in [7, 11) is 0. The maximum atomic E-state index is 14.4. The first-order valence-corrected chi connectivity index (χ1v) is 9.96. The zero-order chi connectivity index (χ0) is 19.3. The predicted molar refractivity (Wildman–Crippen MR) is 111 cm³/mol. The molecule has 4 rings (SSSR count). The van der Waals surface area contributed by atoms with Crippen LogP contribution in [0.2, 0.25) is 0 Å². The highest BCUT2D eigenvalue weighted by Gasteiger charge is 2.34. The Morgan fingerprint density at radius 1 is 1.07 bits per heavy atom. The Bertz CT molecular complexity index is 802. The van der Waals surface area contributed by atoms with E-state index in [1.54, 1.807) is 18.2 Å². The lowest BCUT2D eigenvalue weighted by atomic mass is 9.94. The molecule has 0 bridgehead atoms. The summed E-state index contributed by atoms with van der Waals surface area (Å²) in [6.45, 7) is 3.04. The molecule has 0 spiro atoms. The number of benzene rings is 2. The van der Waals surface area contributed by atoms with Gasteiger partial charge in [-0.25, -0.2) is 8.78 Å². The second kappa shape index (κ2) is 10.3. The van der Waals surface area contributed by atoms with E-state index in [0.29, 0.717) is 24.5 Å². The highest BCUT2D eigenvalue weighted by Crippen LogP contribution is 2.30. The summed E-state index contributed by atoms with van der Waals surface area (Å²) in [5, 5.41) is 7.15. The van der Waals surface area contributed by atoms with E-state index in [4.69, 9.17) is 9.47 Å². The van der Waals surface area contributed by atoms with Crippen molar-refractivity contribution in [2.75, 3.05) is 19.8 Å². The molecule has 1 aliphatic carbocycles. The monoisotopic (exact) mass is 424 g/mol. The van der Waals surface area contributed by atoms with Crippen LogP contribution in [0.1, 0.15) is 24.8 Å². The fourth-order valence-corrected chi connectivity index (χ4v) is 4.22. The maximum Gasteiger partial charge on any atom is 0.166 e. The number of ether oxygens (including phenoxy) is 2. The molecule has 4 nitrogen and oxygen atoms in total. The molecule has 2 aromatic rings. The van der Waals surface area contributed by atoms with Crippen molar-refractivity contribution in [2.24, 2.45) is 5.92 Å². The van der Waals surface area contributed by atoms with Crippen molar-refractivity contribution in [1.29, 1.82) is 0 Å². The fourth-order valence-electron chi connectivity index (χ4n) is 4.22. The molecule has 7 heteroatoms. The second-order valence-corrected chi connectivity index (χ2v) is 7.51. The Morgan fingerprint density at radius 3 is 2.66 bits per heavy atom. The smallest absolute Gasteiger partial charge is 0.166 e. The van der Waals surface area contributed by atoms with Gasteiger partial charge < -0.3 is 20.1 Å². The third-order valence-corrected chi connectivity index (χ3v) is 5.66. The summed E-state index contributed by atoms with van der Waals surface area (Å²) in [6, 6.07) is 11.6. The second-order valence-electron chi connectivity index (χ2n) is 7.51. The van der Waals surface area contributed by atoms with Crippen LogP contribution in [0.3, 0.4) is 0 Å². The molecule has 0 amide bonds. The molecule has 0 aromatic heterocycles. The van der Waals surface area contributed by atoms with Crippen LogP contribution in [0.25, 0.3) is 0 Å². The van der Waals surface area contributed by atoms with Gasteiger partial charge in [-0.05, 0) is 48.6 Å². The van der Waals surface area contributed by atoms with E-state index >= 15 is 0 Å². The minimum atomic E-state index is -0.514. The zero-order valence-electron chi connectivity index (χ0n) is 16.2. The van der Waals surface area contributed by atoms with Crippen molar-refractivity contribution >= 4 is 12.4 Å². The highest BCUT2D eigenvalue weighted by atomic mass is 35.5. The van der Waals surface area contributed by atoms with Gasteiger partial charge in [0, 0.05) is 25.2 Å². The van der Waals surface area contributed by atoms with Crippen LogP contribution in [0, 0.1) is 17.6 Å². The lowest BCUT2D eigenvalue weighted by Crippen LogP contribution is -2.50. The first-order chi connectivity index (χ1) is 13.7. The number of hydrogen-bond donors (Lipinski definition) is 2. The lowest BCUT2D eigenvalue weighted by molar-refractivity contribution is 0.0524. The van der Waals surface area contributed by atoms with Gasteiger partial charge in [-0.15, -0.1) is 12.4 Å². The number of nitrogens with one attached hydrogen (secondary N) is 2. The molecule has 1 heterocycles. The summed E-state index contributed by atoms with van der Waals surface area (Å²) in [5.41, 5.74) is 0.844. The molecule has 1 saturated heterocycles. The third kappa shape index (κ3) is 5.45. The standard InChI is InChI=1S/C22H26F2N2O2.ClH/c23-17-5-1-2-7-21(17)28-22-9-8-15(12-18(22)24)13-26-19-6-3-4-16(19)20-14-27-11-10-25-20;/h1-2,5,7-9,12,16,19-20,25-26H,3-4,6,10-11,13-14H2;1H. The van der Waals surface area contributed by atoms with Crippen LogP contribution in [0.15, 0.2) is 42.5 Å². The van der Waals surface area contributed by atoms with Crippen molar-refractivity contribution in [3.05, 3.63) is 59.7 Å². The molecule has 3 unspecified atom stereocenters. The normalized spacial score (nSPS) is 24.1. The average Bonchev–Trinajstić information content (AvgIpc) is 3.19. The molecule has 1 saturated carbocycles. The van der Waals surface area contributed by atoms with Crippen LogP contribution in [0.5, 0.6) is 11.5 Å². The first kappa shape index (κ1) is 22.0. The van der Waals surface area contributed by atoms with Gasteiger partial charge in [0.15, 0.2) is 23.1 Å². The van der Waals surface area contributed by atoms with Crippen molar-refractivity contribution in [3.63, 3.8) is 0 Å². The van der Waals surface area contributed by atoms with E-state index < -0.39 is 11.6 Å². The van der Waals surface area contributed by atoms with Crippen LogP contribution in [-0.4, -0.2) is 31.8 Å². The van der Waals surface area contributed by atoms with Crippen molar-refractivity contribution in [2.45, 2.75) is 37.9 Å². The average molecular weight is 425 g/mol. The van der Waals surface area contributed by atoms with Gasteiger partial charge in [-0.2, -0.15) is 0 Å². The Morgan fingerprint density at radius 2 is 1.90 bits per heavy atom. The molecule has 0 radical (unpaired) electrons. The predicted octanol–water partition coefficient (Wildman–Crippen LogP) is 4.43. The van der Waals surface area contributed by atoms with Crippen molar-refractivity contribution in [1.82, 2.24) is 10.6 Å². The quantitative estimate of drug-likeness (QED) is 0.720. The van der Waals surface area contributed by atoms with Crippen LogP contribution < -0.4 is 15.4 Å². The summed E-state index contributed by atoms with van der Waals surface area (Å²) in [5.74, 6) is -0.429. The topological polar surface area (TPSA) is 42.5 Å². The Hall–Kier alpha value is -1.73. The highest BCUT2D eigenvalue weighted by molar-refractivity contribution is 5.85. The van der Waals surface area contributed by atoms with E-state index in [2.05, 4.69) is 10.6 Å². The van der Waals surface area contributed by atoms with Gasteiger partial charge in [0.2, 0.25) is 0 Å².